The number of nitro groups is 1. The van der Waals surface area contributed by atoms with Crippen LogP contribution in [0.5, 0.6) is 0 Å². The van der Waals surface area contributed by atoms with Gasteiger partial charge in [0.25, 0.3) is 0 Å². The van der Waals surface area contributed by atoms with E-state index in [1.807, 2.05) is 0 Å². The number of rotatable bonds is 6. The molecular weight excluding hydrogens is 287 g/mol. The van der Waals surface area contributed by atoms with E-state index in [1.165, 1.54) is 6.92 Å². The van der Waals surface area contributed by atoms with Gasteiger partial charge in [-0.2, -0.15) is 4.39 Å². The lowest BCUT2D eigenvalue weighted by Crippen LogP contribution is -2.24. The Morgan fingerprint density at radius 2 is 2.10 bits per heavy atom. The lowest BCUT2D eigenvalue weighted by molar-refractivity contribution is -0.387. The number of allylic oxidation sites excluding steroid dienone is 1. The fourth-order valence-electron chi connectivity index (χ4n) is 1.53. The van der Waals surface area contributed by atoms with E-state index < -0.39 is 26.5 Å². The molecule has 1 N–H and O–H groups in total. The number of halogens is 1. The Morgan fingerprint density at radius 3 is 2.65 bits per heavy atom. The summed E-state index contributed by atoms with van der Waals surface area (Å²) in [4.78, 5) is 9.43. The van der Waals surface area contributed by atoms with E-state index in [4.69, 9.17) is 0 Å². The lowest BCUT2D eigenvalue weighted by Gasteiger charge is -2.07. The van der Waals surface area contributed by atoms with Gasteiger partial charge in [0.15, 0.2) is 0 Å². The van der Waals surface area contributed by atoms with E-state index in [-0.39, 0.29) is 17.0 Å². The molecule has 110 valence electrons. The summed E-state index contributed by atoms with van der Waals surface area (Å²) < 4.78 is 39.7. The molecule has 1 aromatic carbocycles. The van der Waals surface area contributed by atoms with Crippen molar-refractivity contribution in [3.63, 3.8) is 0 Å². The van der Waals surface area contributed by atoms with Crippen molar-refractivity contribution in [2.45, 2.75) is 25.2 Å². The first kappa shape index (κ1) is 16.3. The van der Waals surface area contributed by atoms with E-state index in [0.717, 1.165) is 12.1 Å². The maximum Gasteiger partial charge on any atom is 0.306 e. The number of hydrogen-bond acceptors (Lipinski definition) is 4. The van der Waals surface area contributed by atoms with E-state index in [2.05, 4.69) is 4.72 Å². The highest BCUT2D eigenvalue weighted by atomic mass is 32.2. The molecule has 0 unspecified atom stereocenters. The Bertz CT molecular complexity index is 641. The average Bonchev–Trinajstić information content (AvgIpc) is 2.37. The van der Waals surface area contributed by atoms with Crippen molar-refractivity contribution in [2.75, 3.05) is 6.54 Å². The van der Waals surface area contributed by atoms with Crippen LogP contribution in [0.15, 0.2) is 29.2 Å². The fraction of sp³-hybridized carbons (Fsp3) is 0.333. The van der Waals surface area contributed by atoms with Gasteiger partial charge in [0.2, 0.25) is 15.8 Å². The molecule has 20 heavy (non-hydrogen) atoms. The number of hydrogen-bond donors (Lipinski definition) is 1. The number of aryl methyl sites for hydroxylation is 1. The van der Waals surface area contributed by atoms with Crippen LogP contribution in [0.25, 0.3) is 0 Å². The second kappa shape index (κ2) is 6.58. The molecule has 0 amide bonds. The summed E-state index contributed by atoms with van der Waals surface area (Å²) in [6, 6.07) is 1.79. The molecule has 0 aliphatic heterocycles. The third-order valence-corrected chi connectivity index (χ3v) is 4.00. The minimum atomic E-state index is -3.89. The van der Waals surface area contributed by atoms with Crippen molar-refractivity contribution >= 4 is 15.7 Å². The average molecular weight is 302 g/mol. The normalized spacial score (nSPS) is 11.9. The van der Waals surface area contributed by atoms with E-state index in [9.17, 15) is 22.9 Å². The van der Waals surface area contributed by atoms with Crippen molar-refractivity contribution < 1.29 is 17.7 Å². The zero-order chi connectivity index (χ0) is 15.3. The number of sulfonamides is 1. The molecule has 0 aromatic heterocycles. The molecule has 8 heteroatoms. The van der Waals surface area contributed by atoms with Gasteiger partial charge in [-0.25, -0.2) is 13.1 Å². The monoisotopic (exact) mass is 302 g/mol. The lowest BCUT2D eigenvalue weighted by atomic mass is 10.2. The molecule has 6 nitrogen and oxygen atoms in total. The molecular formula is C12H15FN2O4S. The summed E-state index contributed by atoms with van der Waals surface area (Å²) in [5, 5.41) is 10.7. The van der Waals surface area contributed by atoms with Crippen molar-refractivity contribution in [2.24, 2.45) is 0 Å². The summed E-state index contributed by atoms with van der Waals surface area (Å²) in [5.74, 6) is -1.03. The summed E-state index contributed by atoms with van der Waals surface area (Å²) >= 11 is 0. The van der Waals surface area contributed by atoms with Crippen molar-refractivity contribution in [3.8, 4) is 0 Å². The molecule has 0 radical (unpaired) electrons. The van der Waals surface area contributed by atoms with E-state index >= 15 is 0 Å². The van der Waals surface area contributed by atoms with Crippen LogP contribution in [-0.4, -0.2) is 19.9 Å². The number of nitro benzene ring substituents is 1. The van der Waals surface area contributed by atoms with E-state index in [1.54, 1.807) is 19.1 Å². The molecule has 1 rings (SSSR count). The highest BCUT2D eigenvalue weighted by Crippen LogP contribution is 2.24. The van der Waals surface area contributed by atoms with Crippen LogP contribution in [0, 0.1) is 22.9 Å². The van der Waals surface area contributed by atoms with Crippen LogP contribution >= 0.6 is 0 Å². The summed E-state index contributed by atoms with van der Waals surface area (Å²) in [6.07, 6.45) is 4.06. The van der Waals surface area contributed by atoms with Crippen LogP contribution in [0.1, 0.15) is 18.9 Å². The molecule has 0 saturated heterocycles. The molecule has 0 bridgehead atoms. The molecule has 0 aliphatic rings. The maximum atomic E-state index is 13.5. The minimum Gasteiger partial charge on any atom is -0.258 e. The predicted octanol–water partition coefficient (Wildman–Crippen LogP) is 2.29. The van der Waals surface area contributed by atoms with Crippen LogP contribution in [-0.2, 0) is 10.0 Å². The smallest absolute Gasteiger partial charge is 0.258 e. The second-order valence-corrected chi connectivity index (χ2v) is 5.85. The van der Waals surface area contributed by atoms with Gasteiger partial charge >= 0.3 is 5.69 Å². The zero-order valence-corrected chi connectivity index (χ0v) is 11.9. The largest absolute Gasteiger partial charge is 0.306 e. The highest BCUT2D eigenvalue weighted by Gasteiger charge is 2.23. The first-order chi connectivity index (χ1) is 9.29. The standard InChI is InChI=1S/C12H15FN2O4S/c1-3-4-5-6-14-20(18,19)10-7-9(2)12(13)11(8-10)15(16)17/h3-4,7-8,14H,5-6H2,1-2H3/b4-3+. The SMILES string of the molecule is C/C=C/CCNS(=O)(=O)c1cc(C)c(F)c([N+](=O)[O-])c1. The van der Waals surface area contributed by atoms with Gasteiger partial charge in [0, 0.05) is 12.6 Å². The Balaban J connectivity index is 3.09. The maximum absolute atomic E-state index is 13.5. The third kappa shape index (κ3) is 3.84. The second-order valence-electron chi connectivity index (χ2n) is 4.09. The fourth-order valence-corrected chi connectivity index (χ4v) is 2.69. The molecule has 0 fully saturated rings. The van der Waals surface area contributed by atoms with Gasteiger partial charge in [-0.1, -0.05) is 12.2 Å². The quantitative estimate of drug-likeness (QED) is 0.378. The highest BCUT2D eigenvalue weighted by molar-refractivity contribution is 7.89. The predicted molar refractivity (Wildman–Crippen MR) is 72.4 cm³/mol. The molecule has 0 heterocycles. The third-order valence-electron chi connectivity index (χ3n) is 2.55. The number of benzene rings is 1. The number of nitrogens with one attached hydrogen (secondary N) is 1. The molecule has 0 saturated carbocycles. The van der Waals surface area contributed by atoms with E-state index in [0.29, 0.717) is 6.42 Å². The van der Waals surface area contributed by atoms with Crippen LogP contribution in [0.4, 0.5) is 10.1 Å². The molecule has 0 aliphatic carbocycles. The Hall–Kier alpha value is -1.80. The van der Waals surface area contributed by atoms with Crippen molar-refractivity contribution in [3.05, 3.63) is 45.8 Å². The van der Waals surface area contributed by atoms with Gasteiger partial charge in [-0.05, 0) is 31.9 Å². The summed E-state index contributed by atoms with van der Waals surface area (Å²) in [6.45, 7) is 3.25. The van der Waals surface area contributed by atoms with Gasteiger partial charge in [-0.3, -0.25) is 10.1 Å². The van der Waals surface area contributed by atoms with Crippen molar-refractivity contribution in [1.29, 1.82) is 0 Å². The first-order valence-electron chi connectivity index (χ1n) is 5.85. The van der Waals surface area contributed by atoms with Gasteiger partial charge < -0.3 is 0 Å². The Kier molecular flexibility index (Phi) is 5.34. The van der Waals surface area contributed by atoms with Crippen LogP contribution in [0.3, 0.4) is 0 Å². The molecule has 0 spiro atoms. The minimum absolute atomic E-state index is 0.0898. The summed E-state index contributed by atoms with van der Waals surface area (Å²) in [5.41, 5.74) is -0.938. The Morgan fingerprint density at radius 1 is 1.45 bits per heavy atom. The molecule has 1 aromatic rings. The number of nitrogens with zero attached hydrogens (tertiary/aromatic N) is 1. The van der Waals surface area contributed by atoms with Gasteiger partial charge in [0.05, 0.1) is 9.82 Å². The van der Waals surface area contributed by atoms with Gasteiger partial charge in [0.1, 0.15) is 0 Å². The van der Waals surface area contributed by atoms with Crippen LogP contribution in [0.2, 0.25) is 0 Å². The Labute approximate surface area is 116 Å². The topological polar surface area (TPSA) is 89.3 Å². The molecule has 0 atom stereocenters. The van der Waals surface area contributed by atoms with Crippen molar-refractivity contribution in [1.82, 2.24) is 4.72 Å². The summed E-state index contributed by atoms with van der Waals surface area (Å²) in [7, 11) is -3.89. The van der Waals surface area contributed by atoms with Gasteiger partial charge in [-0.15, -0.1) is 0 Å². The van der Waals surface area contributed by atoms with Crippen LogP contribution < -0.4 is 4.72 Å². The first-order valence-corrected chi connectivity index (χ1v) is 7.33. The zero-order valence-electron chi connectivity index (χ0n) is 11.1.